The molecular formula is C15H13ClN4S. The number of halogens is 1. The summed E-state index contributed by atoms with van der Waals surface area (Å²) in [5, 5.41) is 12.5. The molecule has 0 aliphatic heterocycles. The Kier molecular flexibility index (Phi) is 4.52. The number of hydrogen-bond donors (Lipinski definition) is 0. The van der Waals surface area contributed by atoms with Crippen LogP contribution in [0.1, 0.15) is 10.9 Å². The summed E-state index contributed by atoms with van der Waals surface area (Å²) in [6.45, 7) is 0. The third-order valence-electron chi connectivity index (χ3n) is 2.96. The van der Waals surface area contributed by atoms with Gasteiger partial charge in [-0.15, -0.1) is 16.7 Å². The molecule has 0 radical (unpaired) electrons. The molecule has 3 rings (SSSR count). The molecule has 4 nitrogen and oxygen atoms in total. The van der Waals surface area contributed by atoms with E-state index in [1.54, 1.807) is 16.4 Å². The van der Waals surface area contributed by atoms with Gasteiger partial charge in [-0.3, -0.25) is 0 Å². The summed E-state index contributed by atoms with van der Waals surface area (Å²) in [6, 6.07) is 19.8. The van der Waals surface area contributed by atoms with E-state index in [9.17, 15) is 0 Å². The van der Waals surface area contributed by atoms with Gasteiger partial charge >= 0.3 is 0 Å². The predicted octanol–water partition coefficient (Wildman–Crippen LogP) is 3.73. The number of benzene rings is 2. The number of nitrogens with zero attached hydrogens (tertiary/aromatic N) is 4. The van der Waals surface area contributed by atoms with E-state index < -0.39 is 0 Å². The first-order valence-electron chi connectivity index (χ1n) is 6.50. The number of aromatic nitrogens is 4. The number of thioether (sulfide) groups is 1. The maximum Gasteiger partial charge on any atom is 0.214 e. The van der Waals surface area contributed by atoms with Gasteiger partial charge in [-0.1, -0.05) is 60.3 Å². The van der Waals surface area contributed by atoms with Crippen LogP contribution < -0.4 is 0 Å². The Balaban J connectivity index is 1.71. The van der Waals surface area contributed by atoms with E-state index in [1.165, 1.54) is 0 Å². The van der Waals surface area contributed by atoms with Crippen molar-refractivity contribution in [1.29, 1.82) is 0 Å². The highest BCUT2D eigenvalue weighted by molar-refractivity contribution is 7.99. The SMILES string of the molecule is ClC(CSc1nnnn1-c1ccccc1)c1ccccc1. The van der Waals surface area contributed by atoms with Gasteiger partial charge in [0.25, 0.3) is 0 Å². The van der Waals surface area contributed by atoms with E-state index >= 15 is 0 Å². The molecule has 3 aromatic rings. The van der Waals surface area contributed by atoms with Crippen molar-refractivity contribution >= 4 is 23.4 Å². The Hall–Kier alpha value is -1.85. The van der Waals surface area contributed by atoms with Crippen LogP contribution in [-0.4, -0.2) is 26.0 Å². The topological polar surface area (TPSA) is 43.6 Å². The summed E-state index contributed by atoms with van der Waals surface area (Å²) in [7, 11) is 0. The van der Waals surface area contributed by atoms with Crippen molar-refractivity contribution < 1.29 is 0 Å². The summed E-state index contributed by atoms with van der Waals surface area (Å²) in [5.41, 5.74) is 2.04. The largest absolute Gasteiger partial charge is 0.214 e. The maximum absolute atomic E-state index is 6.42. The van der Waals surface area contributed by atoms with Gasteiger partial charge in [0.2, 0.25) is 5.16 Å². The van der Waals surface area contributed by atoms with Crippen LogP contribution in [0.15, 0.2) is 65.8 Å². The van der Waals surface area contributed by atoms with Crippen LogP contribution in [0.2, 0.25) is 0 Å². The lowest BCUT2D eigenvalue weighted by Gasteiger charge is -2.09. The zero-order chi connectivity index (χ0) is 14.5. The Morgan fingerprint density at radius 1 is 1.00 bits per heavy atom. The van der Waals surface area contributed by atoms with Crippen molar-refractivity contribution in [3.63, 3.8) is 0 Å². The van der Waals surface area contributed by atoms with Crippen LogP contribution in [0.5, 0.6) is 0 Å². The number of hydrogen-bond acceptors (Lipinski definition) is 4. The smallest absolute Gasteiger partial charge is 0.188 e. The summed E-state index contributed by atoms with van der Waals surface area (Å²) >= 11 is 7.97. The molecule has 0 spiro atoms. The second-order valence-electron chi connectivity index (χ2n) is 4.40. The summed E-state index contributed by atoms with van der Waals surface area (Å²) in [5.74, 6) is 0.707. The van der Waals surface area contributed by atoms with Gasteiger partial charge in [-0.25, -0.2) is 0 Å². The second-order valence-corrected chi connectivity index (χ2v) is 5.91. The molecule has 0 amide bonds. The third-order valence-corrected chi connectivity index (χ3v) is 4.56. The van der Waals surface area contributed by atoms with Crippen molar-refractivity contribution in [1.82, 2.24) is 20.2 Å². The molecule has 1 heterocycles. The highest BCUT2D eigenvalue weighted by Gasteiger charge is 2.13. The van der Waals surface area contributed by atoms with Crippen molar-refractivity contribution in [3.8, 4) is 5.69 Å². The maximum atomic E-state index is 6.42. The minimum Gasteiger partial charge on any atom is -0.188 e. The molecule has 1 aromatic heterocycles. The first kappa shape index (κ1) is 14.1. The minimum atomic E-state index is -0.0721. The van der Waals surface area contributed by atoms with E-state index in [-0.39, 0.29) is 5.38 Å². The molecule has 0 bridgehead atoms. The third kappa shape index (κ3) is 3.43. The molecule has 0 N–H and O–H groups in total. The van der Waals surface area contributed by atoms with Crippen LogP contribution in [0, 0.1) is 0 Å². The fourth-order valence-corrected chi connectivity index (χ4v) is 3.09. The van der Waals surface area contributed by atoms with Crippen molar-refractivity contribution in [2.75, 3.05) is 5.75 Å². The first-order chi connectivity index (χ1) is 10.3. The van der Waals surface area contributed by atoms with Crippen LogP contribution in [0.3, 0.4) is 0 Å². The Bertz CT molecular complexity index is 687. The molecule has 0 saturated heterocycles. The fraction of sp³-hybridized carbons (Fsp3) is 0.133. The van der Waals surface area contributed by atoms with Crippen molar-refractivity contribution in [3.05, 3.63) is 66.2 Å². The van der Waals surface area contributed by atoms with E-state index in [0.717, 1.165) is 16.4 Å². The van der Waals surface area contributed by atoms with Crippen LogP contribution in [-0.2, 0) is 0 Å². The standard InChI is InChI=1S/C15H13ClN4S/c16-14(12-7-3-1-4-8-12)11-21-15-17-18-19-20(15)13-9-5-2-6-10-13/h1-10,14H,11H2. The lowest BCUT2D eigenvalue weighted by Crippen LogP contribution is -2.00. The van der Waals surface area contributed by atoms with Gasteiger partial charge in [0.1, 0.15) is 0 Å². The Labute approximate surface area is 132 Å². The van der Waals surface area contributed by atoms with Gasteiger partial charge in [0.15, 0.2) is 0 Å². The van der Waals surface area contributed by atoms with Crippen molar-refractivity contribution in [2.45, 2.75) is 10.5 Å². The summed E-state index contributed by atoms with van der Waals surface area (Å²) in [6.07, 6.45) is 0. The monoisotopic (exact) mass is 316 g/mol. The molecule has 0 saturated carbocycles. The molecule has 1 unspecified atom stereocenters. The van der Waals surface area contributed by atoms with E-state index in [0.29, 0.717) is 5.75 Å². The normalized spacial score (nSPS) is 12.2. The van der Waals surface area contributed by atoms with Gasteiger partial charge in [-0.2, -0.15) is 4.68 Å². The van der Waals surface area contributed by atoms with E-state index in [4.69, 9.17) is 11.6 Å². The lowest BCUT2D eigenvalue weighted by atomic mass is 10.2. The summed E-state index contributed by atoms with van der Waals surface area (Å²) < 4.78 is 1.72. The Morgan fingerprint density at radius 2 is 1.67 bits per heavy atom. The van der Waals surface area contributed by atoms with Crippen LogP contribution >= 0.6 is 23.4 Å². The number of rotatable bonds is 5. The van der Waals surface area contributed by atoms with E-state index in [2.05, 4.69) is 15.5 Å². The van der Waals surface area contributed by atoms with Crippen LogP contribution in [0.4, 0.5) is 0 Å². The highest BCUT2D eigenvalue weighted by Crippen LogP contribution is 2.28. The molecule has 106 valence electrons. The fourth-order valence-electron chi connectivity index (χ4n) is 1.91. The van der Waals surface area contributed by atoms with E-state index in [1.807, 2.05) is 60.7 Å². The summed E-state index contributed by atoms with van der Waals surface area (Å²) in [4.78, 5) is 0. The quantitative estimate of drug-likeness (QED) is 0.531. The van der Waals surface area contributed by atoms with Crippen molar-refractivity contribution in [2.24, 2.45) is 0 Å². The molecule has 0 aliphatic rings. The first-order valence-corrected chi connectivity index (χ1v) is 7.92. The highest BCUT2D eigenvalue weighted by atomic mass is 35.5. The van der Waals surface area contributed by atoms with Gasteiger partial charge in [0.05, 0.1) is 11.1 Å². The Morgan fingerprint density at radius 3 is 2.38 bits per heavy atom. The minimum absolute atomic E-state index is 0.0721. The molecule has 2 aromatic carbocycles. The molecule has 1 atom stereocenters. The lowest BCUT2D eigenvalue weighted by molar-refractivity contribution is 0.756. The zero-order valence-corrected chi connectivity index (χ0v) is 12.7. The average molecular weight is 317 g/mol. The number of tetrazole rings is 1. The molecule has 0 fully saturated rings. The van der Waals surface area contributed by atoms with Gasteiger partial charge in [-0.05, 0) is 28.1 Å². The molecular weight excluding hydrogens is 304 g/mol. The average Bonchev–Trinajstić information content (AvgIpc) is 3.03. The molecule has 0 aliphatic carbocycles. The van der Waals surface area contributed by atoms with Crippen LogP contribution in [0.25, 0.3) is 5.69 Å². The predicted molar refractivity (Wildman–Crippen MR) is 84.9 cm³/mol. The van der Waals surface area contributed by atoms with Gasteiger partial charge < -0.3 is 0 Å². The molecule has 21 heavy (non-hydrogen) atoms. The van der Waals surface area contributed by atoms with Gasteiger partial charge in [0, 0.05) is 5.75 Å². The zero-order valence-electron chi connectivity index (χ0n) is 11.1. The molecule has 6 heteroatoms. The number of para-hydroxylation sites is 1. The number of alkyl halides is 1. The second kappa shape index (κ2) is 6.74.